The van der Waals surface area contributed by atoms with Crippen molar-refractivity contribution in [3.63, 3.8) is 0 Å². The van der Waals surface area contributed by atoms with Crippen molar-refractivity contribution in [3.05, 3.63) is 47.7 Å². The number of anilines is 1. The molecule has 0 aliphatic heterocycles. The molecule has 1 N–H and O–H groups in total. The highest BCUT2D eigenvalue weighted by atomic mass is 19.1. The number of nitrogens with one attached hydrogen (secondary N) is 1. The van der Waals surface area contributed by atoms with Crippen molar-refractivity contribution < 1.29 is 8.78 Å². The molecule has 0 spiro atoms. The first kappa shape index (κ1) is 12.5. The van der Waals surface area contributed by atoms with E-state index in [-0.39, 0.29) is 18.2 Å². The van der Waals surface area contributed by atoms with Crippen LogP contribution in [-0.2, 0) is 6.54 Å². The molecule has 18 heavy (non-hydrogen) atoms. The predicted molar refractivity (Wildman–Crippen MR) is 66.3 cm³/mol. The lowest BCUT2D eigenvalue weighted by Gasteiger charge is -2.06. The molecule has 1 aromatic carbocycles. The highest BCUT2D eigenvalue weighted by molar-refractivity contribution is 5.34. The van der Waals surface area contributed by atoms with E-state index in [1.807, 2.05) is 20.0 Å². The topological polar surface area (TPSA) is 29.9 Å². The van der Waals surface area contributed by atoms with Gasteiger partial charge in [-0.05, 0) is 32.0 Å². The van der Waals surface area contributed by atoms with E-state index in [9.17, 15) is 8.78 Å². The van der Waals surface area contributed by atoms with Crippen molar-refractivity contribution in [2.75, 3.05) is 5.32 Å². The van der Waals surface area contributed by atoms with Gasteiger partial charge in [0.05, 0.1) is 0 Å². The van der Waals surface area contributed by atoms with E-state index in [1.165, 1.54) is 6.07 Å². The Morgan fingerprint density at radius 1 is 1.28 bits per heavy atom. The standard InChI is InChI=1S/C13H15F2N3/c1-9(2)18-6-5-13(17-18)16-8-10-7-11(14)3-4-12(10)15/h3-7,9H,8H2,1-2H3,(H,16,17). The van der Waals surface area contributed by atoms with Gasteiger partial charge in [0.15, 0.2) is 0 Å². The van der Waals surface area contributed by atoms with E-state index < -0.39 is 11.6 Å². The molecule has 3 nitrogen and oxygen atoms in total. The van der Waals surface area contributed by atoms with Gasteiger partial charge in [0, 0.05) is 30.4 Å². The lowest BCUT2D eigenvalue weighted by Crippen LogP contribution is -2.05. The number of nitrogens with zero attached hydrogens (tertiary/aromatic N) is 2. The van der Waals surface area contributed by atoms with Crippen LogP contribution >= 0.6 is 0 Å². The van der Waals surface area contributed by atoms with Gasteiger partial charge in [-0.1, -0.05) is 0 Å². The van der Waals surface area contributed by atoms with Gasteiger partial charge in [-0.25, -0.2) is 8.78 Å². The minimum absolute atomic E-state index is 0.207. The van der Waals surface area contributed by atoms with Crippen molar-refractivity contribution in [1.82, 2.24) is 9.78 Å². The minimum atomic E-state index is -0.444. The number of hydrogen-bond acceptors (Lipinski definition) is 2. The third-order valence-electron chi connectivity index (χ3n) is 2.61. The summed E-state index contributed by atoms with van der Waals surface area (Å²) in [4.78, 5) is 0. The van der Waals surface area contributed by atoms with Crippen LogP contribution in [0, 0.1) is 11.6 Å². The van der Waals surface area contributed by atoms with E-state index in [0.29, 0.717) is 5.82 Å². The molecule has 0 aliphatic rings. The van der Waals surface area contributed by atoms with Crippen LogP contribution in [0.1, 0.15) is 25.5 Å². The Kier molecular flexibility index (Phi) is 3.60. The quantitative estimate of drug-likeness (QED) is 0.903. The molecule has 0 fully saturated rings. The molecule has 5 heteroatoms. The van der Waals surface area contributed by atoms with Crippen molar-refractivity contribution in [1.29, 1.82) is 0 Å². The van der Waals surface area contributed by atoms with E-state index in [0.717, 1.165) is 12.1 Å². The molecule has 1 heterocycles. The number of aromatic nitrogens is 2. The van der Waals surface area contributed by atoms with Crippen LogP contribution in [-0.4, -0.2) is 9.78 Å². The minimum Gasteiger partial charge on any atom is -0.364 e. The second kappa shape index (κ2) is 5.16. The van der Waals surface area contributed by atoms with E-state index in [1.54, 1.807) is 10.7 Å². The van der Waals surface area contributed by atoms with Crippen LogP contribution in [0.2, 0.25) is 0 Å². The molecule has 0 aliphatic carbocycles. The van der Waals surface area contributed by atoms with Crippen LogP contribution in [0.25, 0.3) is 0 Å². The molecule has 0 atom stereocenters. The third-order valence-corrected chi connectivity index (χ3v) is 2.61. The van der Waals surface area contributed by atoms with E-state index >= 15 is 0 Å². The molecule has 0 unspecified atom stereocenters. The molecule has 0 saturated heterocycles. The SMILES string of the molecule is CC(C)n1ccc(NCc2cc(F)ccc2F)n1. The fourth-order valence-corrected chi connectivity index (χ4v) is 1.58. The summed E-state index contributed by atoms with van der Waals surface area (Å²) < 4.78 is 28.1. The average molecular weight is 251 g/mol. The summed E-state index contributed by atoms with van der Waals surface area (Å²) in [5.41, 5.74) is 0.286. The lowest BCUT2D eigenvalue weighted by molar-refractivity contribution is 0.533. The highest BCUT2D eigenvalue weighted by Crippen LogP contribution is 2.13. The van der Waals surface area contributed by atoms with Gasteiger partial charge in [0.2, 0.25) is 0 Å². The van der Waals surface area contributed by atoms with E-state index in [4.69, 9.17) is 0 Å². The number of rotatable bonds is 4. The molecule has 0 bridgehead atoms. The summed E-state index contributed by atoms with van der Waals surface area (Å²) in [7, 11) is 0. The second-order valence-corrected chi connectivity index (χ2v) is 4.36. The predicted octanol–water partition coefficient (Wildman–Crippen LogP) is 3.35. The molecule has 2 rings (SSSR count). The number of hydrogen-bond donors (Lipinski definition) is 1. The Hall–Kier alpha value is -1.91. The molecule has 96 valence electrons. The van der Waals surface area contributed by atoms with Crippen molar-refractivity contribution in [3.8, 4) is 0 Å². The first-order valence-electron chi connectivity index (χ1n) is 5.79. The molecule has 0 amide bonds. The Morgan fingerprint density at radius 3 is 2.72 bits per heavy atom. The Bertz CT molecular complexity index is 535. The summed E-state index contributed by atoms with van der Waals surface area (Å²) in [5.74, 6) is -0.222. The molecular weight excluding hydrogens is 236 g/mol. The van der Waals surface area contributed by atoms with Gasteiger partial charge in [-0.3, -0.25) is 4.68 Å². The molecule has 2 aromatic rings. The number of benzene rings is 1. The zero-order valence-corrected chi connectivity index (χ0v) is 10.3. The Labute approximate surface area is 104 Å². The fraction of sp³-hybridized carbons (Fsp3) is 0.308. The molecule has 1 aromatic heterocycles. The van der Waals surface area contributed by atoms with Gasteiger partial charge in [-0.15, -0.1) is 0 Å². The summed E-state index contributed by atoms with van der Waals surface area (Å²) in [6, 6.07) is 5.48. The highest BCUT2D eigenvalue weighted by Gasteiger charge is 2.05. The Balaban J connectivity index is 2.04. The molecule has 0 radical (unpaired) electrons. The monoisotopic (exact) mass is 251 g/mol. The van der Waals surface area contributed by atoms with Gasteiger partial charge in [-0.2, -0.15) is 5.10 Å². The Morgan fingerprint density at radius 2 is 2.06 bits per heavy atom. The van der Waals surface area contributed by atoms with Gasteiger partial charge < -0.3 is 5.32 Å². The van der Waals surface area contributed by atoms with E-state index in [2.05, 4.69) is 10.4 Å². The zero-order chi connectivity index (χ0) is 13.1. The maximum Gasteiger partial charge on any atom is 0.148 e. The van der Waals surface area contributed by atoms with Crippen LogP contribution in [0.5, 0.6) is 0 Å². The number of halogens is 2. The zero-order valence-electron chi connectivity index (χ0n) is 10.3. The average Bonchev–Trinajstić information content (AvgIpc) is 2.79. The first-order valence-corrected chi connectivity index (χ1v) is 5.79. The smallest absolute Gasteiger partial charge is 0.148 e. The first-order chi connectivity index (χ1) is 8.56. The summed E-state index contributed by atoms with van der Waals surface area (Å²) in [5, 5.41) is 7.23. The van der Waals surface area contributed by atoms with Crippen LogP contribution in [0.4, 0.5) is 14.6 Å². The largest absolute Gasteiger partial charge is 0.364 e. The maximum atomic E-state index is 13.4. The second-order valence-electron chi connectivity index (χ2n) is 4.36. The van der Waals surface area contributed by atoms with Crippen molar-refractivity contribution >= 4 is 5.82 Å². The van der Waals surface area contributed by atoms with Crippen LogP contribution < -0.4 is 5.32 Å². The van der Waals surface area contributed by atoms with Crippen molar-refractivity contribution in [2.24, 2.45) is 0 Å². The van der Waals surface area contributed by atoms with Gasteiger partial charge >= 0.3 is 0 Å². The normalized spacial score (nSPS) is 10.9. The lowest BCUT2D eigenvalue weighted by atomic mass is 10.2. The van der Waals surface area contributed by atoms with Gasteiger partial charge in [0.1, 0.15) is 17.5 Å². The summed E-state index contributed by atoms with van der Waals surface area (Å²) in [6.45, 7) is 4.24. The molecular formula is C13H15F2N3. The van der Waals surface area contributed by atoms with Gasteiger partial charge in [0.25, 0.3) is 0 Å². The fourth-order valence-electron chi connectivity index (χ4n) is 1.58. The van der Waals surface area contributed by atoms with Crippen LogP contribution in [0.3, 0.4) is 0 Å². The third kappa shape index (κ3) is 2.85. The van der Waals surface area contributed by atoms with Crippen LogP contribution in [0.15, 0.2) is 30.5 Å². The maximum absolute atomic E-state index is 13.4. The summed E-state index contributed by atoms with van der Waals surface area (Å²) >= 11 is 0. The molecule has 0 saturated carbocycles. The van der Waals surface area contributed by atoms with Crippen molar-refractivity contribution in [2.45, 2.75) is 26.4 Å². The summed E-state index contributed by atoms with van der Waals surface area (Å²) in [6.07, 6.45) is 1.84.